The maximum absolute atomic E-state index is 11.8. The Labute approximate surface area is 137 Å². The standard InChI is InChI=1S/C16H15N5O3/c22-15(5-3-13-2-1-11-24-13)18-8-10-21-16(23)6-4-14(19-21)20-9-7-17-12-20/h1-7,9,11-12H,8,10H2,(H,18,22)/b5-3+. The summed E-state index contributed by atoms with van der Waals surface area (Å²) in [7, 11) is 0. The number of carbonyl (C=O) groups excluding carboxylic acids is 1. The first-order valence-electron chi connectivity index (χ1n) is 7.28. The van der Waals surface area contributed by atoms with Crippen LogP contribution >= 0.6 is 0 Å². The second-order valence-corrected chi connectivity index (χ2v) is 4.86. The van der Waals surface area contributed by atoms with Crippen LogP contribution in [0.15, 0.2) is 64.5 Å². The molecule has 3 rings (SSSR count). The second-order valence-electron chi connectivity index (χ2n) is 4.86. The third kappa shape index (κ3) is 3.86. The quantitative estimate of drug-likeness (QED) is 0.678. The van der Waals surface area contributed by atoms with Gasteiger partial charge in [0.25, 0.3) is 5.56 Å². The lowest BCUT2D eigenvalue weighted by Gasteiger charge is -2.07. The first-order valence-corrected chi connectivity index (χ1v) is 7.28. The number of carbonyl (C=O) groups is 1. The van der Waals surface area contributed by atoms with Crippen molar-refractivity contribution in [2.24, 2.45) is 0 Å². The molecule has 8 nitrogen and oxygen atoms in total. The van der Waals surface area contributed by atoms with Crippen LogP contribution in [0.25, 0.3) is 11.9 Å². The van der Waals surface area contributed by atoms with Crippen molar-refractivity contribution in [1.29, 1.82) is 0 Å². The van der Waals surface area contributed by atoms with Crippen LogP contribution in [-0.2, 0) is 11.3 Å². The molecule has 1 amide bonds. The molecule has 0 aliphatic heterocycles. The van der Waals surface area contributed by atoms with Gasteiger partial charge in [0.1, 0.15) is 12.1 Å². The normalized spacial score (nSPS) is 11.0. The smallest absolute Gasteiger partial charge is 0.266 e. The van der Waals surface area contributed by atoms with E-state index in [1.54, 1.807) is 47.6 Å². The molecular weight excluding hydrogens is 310 g/mol. The Bertz CT molecular complexity index is 879. The van der Waals surface area contributed by atoms with E-state index in [1.807, 2.05) is 0 Å². The number of hydrogen-bond acceptors (Lipinski definition) is 5. The Kier molecular flexibility index (Phi) is 4.66. The van der Waals surface area contributed by atoms with Gasteiger partial charge in [-0.1, -0.05) is 0 Å². The minimum Gasteiger partial charge on any atom is -0.465 e. The molecule has 0 bridgehead atoms. The Morgan fingerprint density at radius 2 is 2.25 bits per heavy atom. The van der Waals surface area contributed by atoms with Crippen LogP contribution in [-0.4, -0.2) is 31.8 Å². The van der Waals surface area contributed by atoms with Crippen molar-refractivity contribution < 1.29 is 9.21 Å². The lowest BCUT2D eigenvalue weighted by atomic mass is 10.4. The van der Waals surface area contributed by atoms with Gasteiger partial charge >= 0.3 is 0 Å². The number of imidazole rings is 1. The molecule has 0 aromatic carbocycles. The molecule has 0 aliphatic carbocycles. The van der Waals surface area contributed by atoms with E-state index >= 15 is 0 Å². The van der Waals surface area contributed by atoms with Crippen LogP contribution < -0.4 is 10.9 Å². The van der Waals surface area contributed by atoms with Crippen LogP contribution in [0.4, 0.5) is 0 Å². The highest BCUT2D eigenvalue weighted by Crippen LogP contribution is 2.01. The molecule has 3 aromatic rings. The van der Waals surface area contributed by atoms with Crippen molar-refractivity contribution >= 4 is 12.0 Å². The van der Waals surface area contributed by atoms with E-state index < -0.39 is 0 Å². The Hall–Kier alpha value is -3.42. The number of rotatable bonds is 6. The molecule has 0 spiro atoms. The molecule has 8 heteroatoms. The molecule has 3 aromatic heterocycles. The molecule has 122 valence electrons. The summed E-state index contributed by atoms with van der Waals surface area (Å²) in [6.45, 7) is 0.545. The van der Waals surface area contributed by atoms with Gasteiger partial charge in [-0.15, -0.1) is 0 Å². The molecule has 0 radical (unpaired) electrons. The average Bonchev–Trinajstić information content (AvgIpc) is 3.28. The molecule has 0 saturated carbocycles. The predicted molar refractivity (Wildman–Crippen MR) is 86.4 cm³/mol. The lowest BCUT2D eigenvalue weighted by molar-refractivity contribution is -0.116. The molecule has 0 aliphatic rings. The highest BCUT2D eigenvalue weighted by molar-refractivity contribution is 5.91. The zero-order valence-electron chi connectivity index (χ0n) is 12.7. The SMILES string of the molecule is O=C(/C=C/c1ccco1)NCCn1nc(-n2ccnc2)ccc1=O. The minimum absolute atomic E-state index is 0.237. The van der Waals surface area contributed by atoms with E-state index in [0.717, 1.165) is 0 Å². The fraction of sp³-hybridized carbons (Fsp3) is 0.125. The third-order valence-electron chi connectivity index (χ3n) is 3.19. The van der Waals surface area contributed by atoms with Crippen molar-refractivity contribution in [3.63, 3.8) is 0 Å². The molecule has 3 heterocycles. The fourth-order valence-electron chi connectivity index (χ4n) is 2.02. The van der Waals surface area contributed by atoms with Gasteiger partial charge in [-0.2, -0.15) is 5.10 Å². The van der Waals surface area contributed by atoms with Gasteiger partial charge in [0, 0.05) is 31.1 Å². The van der Waals surface area contributed by atoms with Crippen LogP contribution in [0.2, 0.25) is 0 Å². The maximum atomic E-state index is 11.8. The van der Waals surface area contributed by atoms with E-state index in [0.29, 0.717) is 11.6 Å². The summed E-state index contributed by atoms with van der Waals surface area (Å²) in [5.41, 5.74) is -0.237. The molecular formula is C16H15N5O3. The molecule has 1 N–H and O–H groups in total. The van der Waals surface area contributed by atoms with Gasteiger partial charge in [-0.25, -0.2) is 9.67 Å². The van der Waals surface area contributed by atoms with Crippen LogP contribution in [0.5, 0.6) is 0 Å². The van der Waals surface area contributed by atoms with Crippen molar-refractivity contribution in [1.82, 2.24) is 24.6 Å². The van der Waals surface area contributed by atoms with Gasteiger partial charge < -0.3 is 9.73 Å². The number of furan rings is 1. The number of aromatic nitrogens is 4. The van der Waals surface area contributed by atoms with Gasteiger partial charge in [0.15, 0.2) is 5.82 Å². The summed E-state index contributed by atoms with van der Waals surface area (Å²) in [5, 5.41) is 6.93. The summed E-state index contributed by atoms with van der Waals surface area (Å²) in [6.07, 6.45) is 9.43. The zero-order valence-corrected chi connectivity index (χ0v) is 12.7. The monoisotopic (exact) mass is 325 g/mol. The Morgan fingerprint density at radius 1 is 1.33 bits per heavy atom. The van der Waals surface area contributed by atoms with Crippen molar-refractivity contribution in [2.45, 2.75) is 6.54 Å². The molecule has 0 unspecified atom stereocenters. The van der Waals surface area contributed by atoms with Gasteiger partial charge in [-0.05, 0) is 24.3 Å². The minimum atomic E-state index is -0.273. The van der Waals surface area contributed by atoms with Crippen molar-refractivity contribution in [3.05, 3.63) is 71.4 Å². The zero-order chi connectivity index (χ0) is 16.8. The molecule has 0 fully saturated rings. The molecule has 0 saturated heterocycles. The van der Waals surface area contributed by atoms with Crippen LogP contribution in [0, 0.1) is 0 Å². The summed E-state index contributed by atoms with van der Waals surface area (Å²) < 4.78 is 8.08. The van der Waals surface area contributed by atoms with E-state index in [-0.39, 0.29) is 24.6 Å². The lowest BCUT2D eigenvalue weighted by Crippen LogP contribution is -2.31. The second kappa shape index (κ2) is 7.23. The van der Waals surface area contributed by atoms with Gasteiger partial charge in [-0.3, -0.25) is 14.2 Å². The highest BCUT2D eigenvalue weighted by atomic mass is 16.3. The summed E-state index contributed by atoms with van der Waals surface area (Å²) in [4.78, 5) is 27.5. The summed E-state index contributed by atoms with van der Waals surface area (Å²) >= 11 is 0. The Balaban J connectivity index is 1.57. The summed E-state index contributed by atoms with van der Waals surface area (Å²) in [6, 6.07) is 6.53. The third-order valence-corrected chi connectivity index (χ3v) is 3.19. The van der Waals surface area contributed by atoms with Crippen LogP contribution in [0.1, 0.15) is 5.76 Å². The number of hydrogen-bond donors (Lipinski definition) is 1. The van der Waals surface area contributed by atoms with E-state index in [1.165, 1.54) is 23.1 Å². The van der Waals surface area contributed by atoms with Crippen LogP contribution in [0.3, 0.4) is 0 Å². The Morgan fingerprint density at radius 3 is 3.00 bits per heavy atom. The fourth-order valence-corrected chi connectivity index (χ4v) is 2.02. The van der Waals surface area contributed by atoms with Gasteiger partial charge in [0.05, 0.1) is 12.8 Å². The largest absolute Gasteiger partial charge is 0.465 e. The van der Waals surface area contributed by atoms with E-state index in [4.69, 9.17) is 4.42 Å². The average molecular weight is 325 g/mol. The van der Waals surface area contributed by atoms with Gasteiger partial charge in [0.2, 0.25) is 5.91 Å². The molecule has 0 atom stereocenters. The first kappa shape index (κ1) is 15.5. The number of nitrogens with one attached hydrogen (secondary N) is 1. The van der Waals surface area contributed by atoms with E-state index in [2.05, 4.69) is 15.4 Å². The number of amides is 1. The van der Waals surface area contributed by atoms with Crippen molar-refractivity contribution in [2.75, 3.05) is 6.54 Å². The highest BCUT2D eigenvalue weighted by Gasteiger charge is 2.03. The summed E-state index contributed by atoms with van der Waals surface area (Å²) in [5.74, 6) is 0.900. The predicted octanol–water partition coefficient (Wildman–Crippen LogP) is 0.852. The number of nitrogens with zero attached hydrogens (tertiary/aromatic N) is 4. The van der Waals surface area contributed by atoms with E-state index in [9.17, 15) is 9.59 Å². The first-order chi connectivity index (χ1) is 11.7. The van der Waals surface area contributed by atoms with Crippen molar-refractivity contribution in [3.8, 4) is 5.82 Å². The maximum Gasteiger partial charge on any atom is 0.266 e. The topological polar surface area (TPSA) is 95.0 Å². The molecule has 24 heavy (non-hydrogen) atoms.